The third-order valence-corrected chi connectivity index (χ3v) is 5.47. The number of rotatable bonds is 5. The average molecular weight is 338 g/mol. The van der Waals surface area contributed by atoms with Gasteiger partial charge in [0, 0.05) is 18.5 Å². The van der Waals surface area contributed by atoms with Crippen LogP contribution in [0.5, 0.6) is 0 Å². The van der Waals surface area contributed by atoms with E-state index >= 15 is 0 Å². The summed E-state index contributed by atoms with van der Waals surface area (Å²) < 4.78 is 0. The lowest BCUT2D eigenvalue weighted by atomic mass is 9.82. The molecule has 0 amide bonds. The molecule has 3 rings (SSSR count). The average Bonchev–Trinajstić information content (AvgIpc) is 3.02. The summed E-state index contributed by atoms with van der Waals surface area (Å²) in [7, 11) is 0. The van der Waals surface area contributed by atoms with Gasteiger partial charge in [-0.15, -0.1) is 0 Å². The molecule has 2 aromatic rings. The largest absolute Gasteiger partial charge is 0.392 e. The molecule has 2 heteroatoms. The summed E-state index contributed by atoms with van der Waals surface area (Å²) in [5.41, 5.74) is 5.40. The number of benzene rings is 2. The first kappa shape index (κ1) is 18.2. The van der Waals surface area contributed by atoms with Crippen molar-refractivity contribution in [1.29, 1.82) is 0 Å². The monoisotopic (exact) mass is 337 g/mol. The Morgan fingerprint density at radius 2 is 1.16 bits per heavy atom. The molecule has 1 saturated heterocycles. The van der Waals surface area contributed by atoms with Crippen molar-refractivity contribution in [1.82, 2.24) is 5.32 Å². The Morgan fingerprint density at radius 1 is 0.760 bits per heavy atom. The van der Waals surface area contributed by atoms with Crippen LogP contribution in [-0.2, 0) is 0 Å². The second-order valence-electron chi connectivity index (χ2n) is 8.02. The second kappa shape index (κ2) is 7.72. The maximum atomic E-state index is 10.0. The fraction of sp³-hybridized carbons (Fsp3) is 0.478. The van der Waals surface area contributed by atoms with Crippen molar-refractivity contribution in [3.8, 4) is 0 Å². The summed E-state index contributed by atoms with van der Waals surface area (Å²) in [4.78, 5) is 0. The fourth-order valence-corrected chi connectivity index (χ4v) is 3.83. The highest BCUT2D eigenvalue weighted by Gasteiger charge is 2.31. The van der Waals surface area contributed by atoms with E-state index in [0.29, 0.717) is 18.4 Å². The van der Waals surface area contributed by atoms with Gasteiger partial charge in [0.15, 0.2) is 0 Å². The van der Waals surface area contributed by atoms with Crippen molar-refractivity contribution in [2.45, 2.75) is 64.0 Å². The summed E-state index contributed by atoms with van der Waals surface area (Å²) >= 11 is 0. The van der Waals surface area contributed by atoms with Crippen molar-refractivity contribution in [2.75, 3.05) is 6.54 Å². The smallest absolute Gasteiger partial charge is 0.0679 e. The highest BCUT2D eigenvalue weighted by Crippen LogP contribution is 2.33. The minimum absolute atomic E-state index is 0.239. The first-order valence-electron chi connectivity index (χ1n) is 9.57. The summed E-state index contributed by atoms with van der Waals surface area (Å²) in [6.07, 6.45) is 0.570. The molecular formula is C23H31NO. The predicted octanol–water partition coefficient (Wildman–Crippen LogP) is 4.79. The molecule has 2 atom stereocenters. The summed E-state index contributed by atoms with van der Waals surface area (Å²) in [5, 5.41) is 13.5. The second-order valence-corrected chi connectivity index (χ2v) is 8.02. The van der Waals surface area contributed by atoms with Crippen LogP contribution in [0.4, 0.5) is 0 Å². The number of hydrogen-bond donors (Lipinski definition) is 2. The van der Waals surface area contributed by atoms with E-state index in [1.54, 1.807) is 0 Å². The standard InChI is InChI=1S/C23H31NO/c1-15(2)17-5-9-19(10-6-17)23(22-13-21(25)14-24-22)20-11-7-18(8-12-20)16(3)4/h5-12,15-16,21-25H,13-14H2,1-4H3/t21-,22?/m1/s1. The third kappa shape index (κ3) is 4.13. The van der Waals surface area contributed by atoms with Gasteiger partial charge in [-0.05, 0) is 40.5 Å². The van der Waals surface area contributed by atoms with Crippen molar-refractivity contribution in [3.05, 3.63) is 70.8 Å². The van der Waals surface area contributed by atoms with Gasteiger partial charge in [0.1, 0.15) is 0 Å². The van der Waals surface area contributed by atoms with Crippen LogP contribution in [-0.4, -0.2) is 23.8 Å². The quantitative estimate of drug-likeness (QED) is 0.822. The van der Waals surface area contributed by atoms with E-state index in [2.05, 4.69) is 81.5 Å². The first-order chi connectivity index (χ1) is 12.0. The lowest BCUT2D eigenvalue weighted by Crippen LogP contribution is -2.29. The number of β-amino-alcohol motifs (C(OH)–C–C–N with tert-alkyl or cyclic N) is 1. The molecule has 0 saturated carbocycles. The molecule has 2 nitrogen and oxygen atoms in total. The Bertz CT molecular complexity index is 621. The van der Waals surface area contributed by atoms with Gasteiger partial charge in [-0.1, -0.05) is 76.2 Å². The van der Waals surface area contributed by atoms with Gasteiger partial charge in [0.25, 0.3) is 0 Å². The van der Waals surface area contributed by atoms with Crippen LogP contribution in [0.2, 0.25) is 0 Å². The molecule has 1 aliphatic rings. The van der Waals surface area contributed by atoms with Crippen LogP contribution < -0.4 is 5.32 Å². The normalized spacial score (nSPS) is 20.8. The van der Waals surface area contributed by atoms with Crippen LogP contribution in [0.25, 0.3) is 0 Å². The zero-order valence-electron chi connectivity index (χ0n) is 15.9. The Kier molecular flexibility index (Phi) is 5.61. The molecule has 1 unspecified atom stereocenters. The molecule has 1 fully saturated rings. The summed E-state index contributed by atoms with van der Waals surface area (Å²) in [6, 6.07) is 18.4. The van der Waals surface area contributed by atoms with Gasteiger partial charge in [0.05, 0.1) is 6.10 Å². The molecule has 1 heterocycles. The van der Waals surface area contributed by atoms with Crippen LogP contribution in [0.3, 0.4) is 0 Å². The molecule has 0 aromatic heterocycles. The zero-order valence-corrected chi connectivity index (χ0v) is 15.9. The van der Waals surface area contributed by atoms with Crippen LogP contribution in [0.15, 0.2) is 48.5 Å². The lowest BCUT2D eigenvalue weighted by Gasteiger charge is -2.26. The van der Waals surface area contributed by atoms with Gasteiger partial charge in [-0.2, -0.15) is 0 Å². The van der Waals surface area contributed by atoms with E-state index in [1.807, 2.05) is 0 Å². The molecule has 0 bridgehead atoms. The molecule has 0 aliphatic carbocycles. The van der Waals surface area contributed by atoms with Crippen molar-refractivity contribution < 1.29 is 5.11 Å². The number of nitrogens with one attached hydrogen (secondary N) is 1. The molecule has 2 N–H and O–H groups in total. The molecule has 25 heavy (non-hydrogen) atoms. The van der Waals surface area contributed by atoms with Crippen molar-refractivity contribution >= 4 is 0 Å². The maximum absolute atomic E-state index is 10.0. The van der Waals surface area contributed by atoms with E-state index in [-0.39, 0.29) is 18.1 Å². The van der Waals surface area contributed by atoms with E-state index < -0.39 is 0 Å². The van der Waals surface area contributed by atoms with E-state index in [4.69, 9.17) is 0 Å². The third-order valence-electron chi connectivity index (χ3n) is 5.47. The van der Waals surface area contributed by atoms with Gasteiger partial charge >= 0.3 is 0 Å². The lowest BCUT2D eigenvalue weighted by molar-refractivity contribution is 0.192. The van der Waals surface area contributed by atoms with Crippen molar-refractivity contribution in [3.63, 3.8) is 0 Å². The Balaban J connectivity index is 1.94. The number of aliphatic hydroxyl groups excluding tert-OH is 1. The Hall–Kier alpha value is -1.64. The topological polar surface area (TPSA) is 32.3 Å². The molecule has 0 radical (unpaired) electrons. The molecule has 2 aromatic carbocycles. The van der Waals surface area contributed by atoms with Gasteiger partial charge in [-0.3, -0.25) is 0 Å². The fourth-order valence-electron chi connectivity index (χ4n) is 3.83. The SMILES string of the molecule is CC(C)c1ccc(C(c2ccc(C(C)C)cc2)C2C[C@@H](O)CN2)cc1. The van der Waals surface area contributed by atoms with Crippen LogP contribution in [0.1, 0.15) is 74.1 Å². The Morgan fingerprint density at radius 3 is 1.48 bits per heavy atom. The molecule has 1 aliphatic heterocycles. The van der Waals surface area contributed by atoms with Gasteiger partial charge in [0.2, 0.25) is 0 Å². The van der Waals surface area contributed by atoms with Gasteiger partial charge in [-0.25, -0.2) is 0 Å². The van der Waals surface area contributed by atoms with Gasteiger partial charge < -0.3 is 10.4 Å². The van der Waals surface area contributed by atoms with E-state index in [0.717, 1.165) is 6.42 Å². The van der Waals surface area contributed by atoms with E-state index in [9.17, 15) is 5.11 Å². The maximum Gasteiger partial charge on any atom is 0.0679 e. The predicted molar refractivity (Wildman–Crippen MR) is 105 cm³/mol. The number of hydrogen-bond acceptors (Lipinski definition) is 2. The van der Waals surface area contributed by atoms with Crippen molar-refractivity contribution in [2.24, 2.45) is 0 Å². The highest BCUT2D eigenvalue weighted by molar-refractivity contribution is 5.38. The number of aliphatic hydroxyl groups is 1. The molecule has 0 spiro atoms. The first-order valence-corrected chi connectivity index (χ1v) is 9.57. The summed E-state index contributed by atoms with van der Waals surface area (Å²) in [6.45, 7) is 9.60. The Labute approximate surface area is 152 Å². The summed E-state index contributed by atoms with van der Waals surface area (Å²) in [5.74, 6) is 1.37. The minimum atomic E-state index is -0.239. The van der Waals surface area contributed by atoms with Crippen LogP contribution in [0, 0.1) is 0 Å². The van der Waals surface area contributed by atoms with E-state index in [1.165, 1.54) is 22.3 Å². The zero-order chi connectivity index (χ0) is 18.0. The van der Waals surface area contributed by atoms with Crippen LogP contribution >= 0.6 is 0 Å². The highest BCUT2D eigenvalue weighted by atomic mass is 16.3. The molecular weight excluding hydrogens is 306 g/mol. The molecule has 134 valence electrons. The minimum Gasteiger partial charge on any atom is -0.392 e.